The van der Waals surface area contributed by atoms with E-state index in [4.69, 9.17) is 23.8 Å². The molecule has 6 nitrogen and oxygen atoms in total. The van der Waals surface area contributed by atoms with Gasteiger partial charge >= 0.3 is 0 Å². The molecule has 2 amide bonds. The number of nitrogens with zero attached hydrogens (tertiary/aromatic N) is 2. The van der Waals surface area contributed by atoms with Crippen LogP contribution in [0.25, 0.3) is 0 Å². The minimum Gasteiger partial charge on any atom is -0.368 e. The molecule has 0 saturated carbocycles. The average Bonchev–Trinajstić information content (AvgIpc) is 2.89. The molecular weight excluding hydrogens is 492 g/mol. The smallest absolute Gasteiger partial charge is 0.257 e. The third kappa shape index (κ3) is 6.42. The van der Waals surface area contributed by atoms with Crippen molar-refractivity contribution >= 4 is 52.1 Å². The quantitative estimate of drug-likeness (QED) is 0.432. The number of carbonyl (C=O) groups excluding carboxylic acids is 2. The predicted molar refractivity (Wildman–Crippen MR) is 150 cm³/mol. The highest BCUT2D eigenvalue weighted by Crippen LogP contribution is 2.21. The number of benzene rings is 3. The van der Waals surface area contributed by atoms with Crippen molar-refractivity contribution in [3.05, 3.63) is 94.5 Å². The van der Waals surface area contributed by atoms with Gasteiger partial charge in [-0.3, -0.25) is 14.9 Å². The number of carbonyl (C=O) groups is 2. The van der Waals surface area contributed by atoms with E-state index in [2.05, 4.69) is 29.4 Å². The molecule has 1 aliphatic heterocycles. The maximum atomic E-state index is 12.7. The number of thiocarbonyl (C=S) groups is 1. The highest BCUT2D eigenvalue weighted by molar-refractivity contribution is 7.80. The van der Waals surface area contributed by atoms with Crippen molar-refractivity contribution in [3.8, 4) is 0 Å². The number of hydrogen-bond donors (Lipinski definition) is 2. The number of nitrogens with one attached hydrogen (secondary N) is 2. The highest BCUT2D eigenvalue weighted by atomic mass is 35.5. The Labute approximate surface area is 222 Å². The van der Waals surface area contributed by atoms with Crippen LogP contribution < -0.4 is 15.5 Å². The summed E-state index contributed by atoms with van der Waals surface area (Å²) in [5.41, 5.74) is 4.25. The lowest BCUT2D eigenvalue weighted by Gasteiger charge is -2.36. The van der Waals surface area contributed by atoms with E-state index in [9.17, 15) is 9.59 Å². The van der Waals surface area contributed by atoms with Crippen molar-refractivity contribution in [1.82, 2.24) is 10.2 Å². The molecule has 0 spiro atoms. The number of piperazine rings is 1. The first-order valence-corrected chi connectivity index (χ1v) is 12.7. The van der Waals surface area contributed by atoms with Crippen LogP contribution in [-0.2, 0) is 0 Å². The summed E-state index contributed by atoms with van der Waals surface area (Å²) in [7, 11) is 0. The van der Waals surface area contributed by atoms with Gasteiger partial charge in [0.05, 0.1) is 0 Å². The Kier molecular flexibility index (Phi) is 8.23. The van der Waals surface area contributed by atoms with Gasteiger partial charge in [0, 0.05) is 53.7 Å². The minimum absolute atomic E-state index is 0.0253. The Morgan fingerprint density at radius 3 is 2.00 bits per heavy atom. The normalized spacial score (nSPS) is 13.4. The van der Waals surface area contributed by atoms with Crippen molar-refractivity contribution in [3.63, 3.8) is 0 Å². The van der Waals surface area contributed by atoms with E-state index in [1.54, 1.807) is 24.3 Å². The minimum atomic E-state index is -0.245. The third-order valence-electron chi connectivity index (χ3n) is 6.21. The Balaban J connectivity index is 1.27. The van der Waals surface area contributed by atoms with Crippen LogP contribution in [0.3, 0.4) is 0 Å². The predicted octanol–water partition coefficient (Wildman–Crippen LogP) is 5.55. The molecule has 3 aromatic carbocycles. The zero-order valence-corrected chi connectivity index (χ0v) is 21.9. The maximum absolute atomic E-state index is 12.7. The van der Waals surface area contributed by atoms with Crippen LogP contribution in [-0.4, -0.2) is 48.0 Å². The van der Waals surface area contributed by atoms with E-state index >= 15 is 0 Å². The molecule has 0 bridgehead atoms. The van der Waals surface area contributed by atoms with Crippen molar-refractivity contribution < 1.29 is 9.59 Å². The van der Waals surface area contributed by atoms with E-state index in [0.717, 1.165) is 24.5 Å². The van der Waals surface area contributed by atoms with Crippen LogP contribution in [0.15, 0.2) is 72.8 Å². The molecular formula is C28H29ClN4O2S. The molecule has 1 fully saturated rings. The lowest BCUT2D eigenvalue weighted by Crippen LogP contribution is -2.48. The summed E-state index contributed by atoms with van der Waals surface area (Å²) < 4.78 is 0. The molecule has 1 heterocycles. The van der Waals surface area contributed by atoms with Gasteiger partial charge in [0.25, 0.3) is 11.8 Å². The molecule has 0 atom stereocenters. The molecule has 0 aromatic heterocycles. The zero-order chi connectivity index (χ0) is 25.7. The monoisotopic (exact) mass is 520 g/mol. The molecule has 0 radical (unpaired) electrons. The molecule has 0 unspecified atom stereocenters. The van der Waals surface area contributed by atoms with Crippen LogP contribution in [0.4, 0.5) is 11.4 Å². The number of halogens is 1. The van der Waals surface area contributed by atoms with Gasteiger partial charge in [0.15, 0.2) is 5.11 Å². The average molecular weight is 521 g/mol. The summed E-state index contributed by atoms with van der Waals surface area (Å²) in [4.78, 5) is 29.3. The summed E-state index contributed by atoms with van der Waals surface area (Å²) in [6.45, 7) is 7.02. The largest absolute Gasteiger partial charge is 0.368 e. The SMILES string of the molecule is CC(C)c1ccc(C(=O)NC(=S)Nc2ccc(N3CCN(C(=O)c4ccc(Cl)cc4)CC3)cc2)cc1. The molecule has 186 valence electrons. The number of anilines is 2. The molecule has 3 aromatic rings. The van der Waals surface area contributed by atoms with Crippen LogP contribution in [0.1, 0.15) is 46.0 Å². The Morgan fingerprint density at radius 1 is 0.833 bits per heavy atom. The summed E-state index contributed by atoms with van der Waals surface area (Å²) in [6, 6.07) is 22.4. The maximum Gasteiger partial charge on any atom is 0.257 e. The van der Waals surface area contributed by atoms with Gasteiger partial charge in [-0.2, -0.15) is 0 Å². The van der Waals surface area contributed by atoms with Crippen LogP contribution in [0.5, 0.6) is 0 Å². The number of amides is 2. The Bertz CT molecular complexity index is 1220. The summed E-state index contributed by atoms with van der Waals surface area (Å²) in [5.74, 6) is 0.191. The van der Waals surface area contributed by atoms with E-state index in [1.807, 2.05) is 53.4 Å². The lowest BCUT2D eigenvalue weighted by molar-refractivity contribution is 0.0746. The van der Waals surface area contributed by atoms with Gasteiger partial charge < -0.3 is 15.1 Å². The molecule has 2 N–H and O–H groups in total. The first-order chi connectivity index (χ1) is 17.3. The second-order valence-electron chi connectivity index (χ2n) is 9.02. The van der Waals surface area contributed by atoms with Gasteiger partial charge in [-0.05, 0) is 84.4 Å². The van der Waals surface area contributed by atoms with Crippen molar-refractivity contribution in [2.24, 2.45) is 0 Å². The fraction of sp³-hybridized carbons (Fsp3) is 0.250. The van der Waals surface area contributed by atoms with E-state index in [0.29, 0.717) is 35.2 Å². The second-order valence-corrected chi connectivity index (χ2v) is 9.86. The fourth-order valence-corrected chi connectivity index (χ4v) is 4.39. The van der Waals surface area contributed by atoms with Crippen LogP contribution in [0.2, 0.25) is 5.02 Å². The highest BCUT2D eigenvalue weighted by Gasteiger charge is 2.22. The Hall–Kier alpha value is -3.42. The molecule has 36 heavy (non-hydrogen) atoms. The van der Waals surface area contributed by atoms with Crippen LogP contribution in [0, 0.1) is 0 Å². The van der Waals surface area contributed by atoms with Gasteiger partial charge in [-0.1, -0.05) is 37.6 Å². The molecule has 1 aliphatic rings. The van der Waals surface area contributed by atoms with E-state index in [1.165, 1.54) is 5.56 Å². The van der Waals surface area contributed by atoms with Crippen molar-refractivity contribution in [2.75, 3.05) is 36.4 Å². The van der Waals surface area contributed by atoms with Crippen molar-refractivity contribution in [2.45, 2.75) is 19.8 Å². The molecule has 8 heteroatoms. The first-order valence-electron chi connectivity index (χ1n) is 11.9. The van der Waals surface area contributed by atoms with Gasteiger partial charge in [0.2, 0.25) is 0 Å². The third-order valence-corrected chi connectivity index (χ3v) is 6.67. The molecule has 4 rings (SSSR count). The molecule has 0 aliphatic carbocycles. The summed E-state index contributed by atoms with van der Waals surface area (Å²) in [6.07, 6.45) is 0. The summed E-state index contributed by atoms with van der Waals surface area (Å²) in [5, 5.41) is 6.66. The van der Waals surface area contributed by atoms with Gasteiger partial charge in [-0.25, -0.2) is 0 Å². The molecule has 1 saturated heterocycles. The second kappa shape index (κ2) is 11.5. The lowest BCUT2D eigenvalue weighted by atomic mass is 10.0. The zero-order valence-electron chi connectivity index (χ0n) is 20.3. The number of hydrogen-bond acceptors (Lipinski definition) is 4. The number of rotatable bonds is 5. The van der Waals surface area contributed by atoms with Crippen molar-refractivity contribution in [1.29, 1.82) is 0 Å². The first kappa shape index (κ1) is 25.7. The van der Waals surface area contributed by atoms with Gasteiger partial charge in [0.1, 0.15) is 0 Å². The fourth-order valence-electron chi connectivity index (χ4n) is 4.06. The van der Waals surface area contributed by atoms with E-state index < -0.39 is 0 Å². The Morgan fingerprint density at radius 2 is 1.42 bits per heavy atom. The standard InChI is InChI=1S/C28H29ClN4O2S/c1-19(2)20-3-5-21(6-4-20)26(34)31-28(36)30-24-11-13-25(14-12-24)32-15-17-33(18-16-32)27(35)22-7-9-23(29)10-8-22/h3-14,19H,15-18H2,1-2H3,(H2,30,31,34,36). The van der Waals surface area contributed by atoms with E-state index in [-0.39, 0.29) is 16.9 Å². The summed E-state index contributed by atoms with van der Waals surface area (Å²) >= 11 is 11.3. The topological polar surface area (TPSA) is 64.7 Å². The van der Waals surface area contributed by atoms with Gasteiger partial charge in [-0.15, -0.1) is 0 Å². The van der Waals surface area contributed by atoms with Crippen LogP contribution >= 0.6 is 23.8 Å².